The second-order valence-corrected chi connectivity index (χ2v) is 5.07. The van der Waals surface area contributed by atoms with Gasteiger partial charge in [0.15, 0.2) is 0 Å². The molecule has 1 N–H and O–H groups in total. The summed E-state index contributed by atoms with van der Waals surface area (Å²) in [6.45, 7) is 3.75. The molecule has 0 radical (unpaired) electrons. The third-order valence-corrected chi connectivity index (χ3v) is 3.68. The van der Waals surface area contributed by atoms with Gasteiger partial charge in [0.05, 0.1) is 12.3 Å². The molecule has 0 saturated carbocycles. The molecule has 1 aromatic rings. The first-order valence-corrected chi connectivity index (χ1v) is 7.25. The number of halogens is 1. The van der Waals surface area contributed by atoms with Crippen LogP contribution in [0.2, 0.25) is 0 Å². The number of ether oxygens (including phenoxy) is 1. The van der Waals surface area contributed by atoms with Gasteiger partial charge in [-0.05, 0) is 44.7 Å². The molecule has 0 aliphatic carbocycles. The SMILES string of the molecule is CCNC(CCC1CCCCO1)c1ccncc1F. The average Bonchev–Trinajstić information content (AvgIpc) is 2.45. The van der Waals surface area contributed by atoms with Crippen molar-refractivity contribution in [3.63, 3.8) is 0 Å². The van der Waals surface area contributed by atoms with Crippen molar-refractivity contribution in [2.45, 2.75) is 51.2 Å². The predicted molar refractivity (Wildman–Crippen MR) is 73.4 cm³/mol. The van der Waals surface area contributed by atoms with E-state index in [0.717, 1.165) is 32.4 Å². The van der Waals surface area contributed by atoms with Gasteiger partial charge in [-0.15, -0.1) is 0 Å². The maximum absolute atomic E-state index is 13.8. The number of hydrogen-bond acceptors (Lipinski definition) is 3. The van der Waals surface area contributed by atoms with Crippen LogP contribution in [-0.4, -0.2) is 24.2 Å². The van der Waals surface area contributed by atoms with E-state index in [-0.39, 0.29) is 11.9 Å². The fourth-order valence-electron chi connectivity index (χ4n) is 2.67. The Morgan fingerprint density at radius 2 is 2.42 bits per heavy atom. The van der Waals surface area contributed by atoms with Crippen LogP contribution in [0.25, 0.3) is 0 Å². The van der Waals surface area contributed by atoms with Gasteiger partial charge < -0.3 is 10.1 Å². The maximum Gasteiger partial charge on any atom is 0.146 e. The molecule has 1 aromatic heterocycles. The average molecular weight is 266 g/mol. The van der Waals surface area contributed by atoms with Gasteiger partial charge in [-0.2, -0.15) is 0 Å². The summed E-state index contributed by atoms with van der Waals surface area (Å²) in [4.78, 5) is 3.81. The first kappa shape index (κ1) is 14.4. The summed E-state index contributed by atoms with van der Waals surface area (Å²) in [6.07, 6.45) is 8.74. The molecule has 3 nitrogen and oxygen atoms in total. The standard InChI is InChI=1S/C15H23FN2O/c1-2-18-15(13-8-9-17-11-14(13)16)7-6-12-5-3-4-10-19-12/h8-9,11-12,15,18H,2-7,10H2,1H3. The molecule has 2 rings (SSSR count). The predicted octanol–water partition coefficient (Wildman–Crippen LogP) is 3.22. The highest BCUT2D eigenvalue weighted by Crippen LogP contribution is 2.25. The highest BCUT2D eigenvalue weighted by Gasteiger charge is 2.19. The van der Waals surface area contributed by atoms with E-state index >= 15 is 0 Å². The summed E-state index contributed by atoms with van der Waals surface area (Å²) < 4.78 is 19.5. The summed E-state index contributed by atoms with van der Waals surface area (Å²) >= 11 is 0. The Bertz CT molecular complexity index is 380. The quantitative estimate of drug-likeness (QED) is 0.858. The van der Waals surface area contributed by atoms with Crippen molar-refractivity contribution in [2.24, 2.45) is 0 Å². The zero-order valence-electron chi connectivity index (χ0n) is 11.6. The van der Waals surface area contributed by atoms with Crippen LogP contribution in [0.15, 0.2) is 18.5 Å². The molecule has 1 fully saturated rings. The molecule has 2 heterocycles. The van der Waals surface area contributed by atoms with Crippen molar-refractivity contribution in [1.82, 2.24) is 10.3 Å². The topological polar surface area (TPSA) is 34.1 Å². The van der Waals surface area contributed by atoms with E-state index in [4.69, 9.17) is 4.74 Å². The molecule has 1 aliphatic rings. The van der Waals surface area contributed by atoms with Crippen molar-refractivity contribution in [2.75, 3.05) is 13.2 Å². The Hall–Kier alpha value is -1.00. The summed E-state index contributed by atoms with van der Waals surface area (Å²) in [5.41, 5.74) is 0.715. The Labute approximate surface area is 114 Å². The second-order valence-electron chi connectivity index (χ2n) is 5.07. The highest BCUT2D eigenvalue weighted by atomic mass is 19.1. The lowest BCUT2D eigenvalue weighted by Gasteiger charge is -2.25. The number of hydrogen-bond donors (Lipinski definition) is 1. The van der Waals surface area contributed by atoms with Gasteiger partial charge in [-0.25, -0.2) is 4.39 Å². The lowest BCUT2D eigenvalue weighted by molar-refractivity contribution is 0.00851. The Kier molecular flexibility index (Phi) is 5.73. The molecule has 2 unspecified atom stereocenters. The van der Waals surface area contributed by atoms with E-state index in [2.05, 4.69) is 10.3 Å². The molecule has 19 heavy (non-hydrogen) atoms. The van der Waals surface area contributed by atoms with Crippen molar-refractivity contribution in [3.8, 4) is 0 Å². The summed E-state index contributed by atoms with van der Waals surface area (Å²) in [6, 6.07) is 1.82. The van der Waals surface area contributed by atoms with Gasteiger partial charge in [0.25, 0.3) is 0 Å². The molecule has 1 saturated heterocycles. The van der Waals surface area contributed by atoms with Gasteiger partial charge in [0.2, 0.25) is 0 Å². The van der Waals surface area contributed by atoms with Crippen LogP contribution >= 0.6 is 0 Å². The molecule has 2 atom stereocenters. The molecule has 0 amide bonds. The van der Waals surface area contributed by atoms with Gasteiger partial charge >= 0.3 is 0 Å². The van der Waals surface area contributed by atoms with Crippen molar-refractivity contribution >= 4 is 0 Å². The van der Waals surface area contributed by atoms with Crippen LogP contribution in [0.1, 0.15) is 50.6 Å². The molecular weight excluding hydrogens is 243 g/mol. The molecule has 4 heteroatoms. The normalized spacial score (nSPS) is 21.3. The summed E-state index contributed by atoms with van der Waals surface area (Å²) in [7, 11) is 0. The fourth-order valence-corrected chi connectivity index (χ4v) is 2.67. The van der Waals surface area contributed by atoms with Gasteiger partial charge in [-0.3, -0.25) is 4.98 Å². The number of nitrogens with one attached hydrogen (secondary N) is 1. The number of nitrogens with zero attached hydrogens (tertiary/aromatic N) is 1. The monoisotopic (exact) mass is 266 g/mol. The molecule has 0 aromatic carbocycles. The van der Waals surface area contributed by atoms with Crippen LogP contribution in [0.4, 0.5) is 4.39 Å². The van der Waals surface area contributed by atoms with Gasteiger partial charge in [-0.1, -0.05) is 6.92 Å². The van der Waals surface area contributed by atoms with Crippen molar-refractivity contribution < 1.29 is 9.13 Å². The molecule has 106 valence electrons. The number of aromatic nitrogens is 1. The van der Waals surface area contributed by atoms with Crippen LogP contribution in [0, 0.1) is 5.82 Å². The van der Waals surface area contributed by atoms with E-state index in [1.807, 2.05) is 6.92 Å². The lowest BCUT2D eigenvalue weighted by atomic mass is 9.97. The smallest absolute Gasteiger partial charge is 0.146 e. The third kappa shape index (κ3) is 4.25. The maximum atomic E-state index is 13.8. The Morgan fingerprint density at radius 1 is 1.53 bits per heavy atom. The minimum atomic E-state index is -0.224. The minimum Gasteiger partial charge on any atom is -0.378 e. The fraction of sp³-hybridized carbons (Fsp3) is 0.667. The number of pyridine rings is 1. The molecular formula is C15H23FN2O. The largest absolute Gasteiger partial charge is 0.378 e. The zero-order valence-corrected chi connectivity index (χ0v) is 11.6. The summed E-state index contributed by atoms with van der Waals surface area (Å²) in [5, 5.41) is 3.36. The van der Waals surface area contributed by atoms with E-state index in [1.54, 1.807) is 12.3 Å². The Morgan fingerprint density at radius 3 is 3.11 bits per heavy atom. The van der Waals surface area contributed by atoms with Crippen molar-refractivity contribution in [1.29, 1.82) is 0 Å². The summed E-state index contributed by atoms with van der Waals surface area (Å²) in [5.74, 6) is -0.224. The molecule has 0 bridgehead atoms. The Balaban J connectivity index is 1.94. The van der Waals surface area contributed by atoms with E-state index in [9.17, 15) is 4.39 Å². The first-order valence-electron chi connectivity index (χ1n) is 7.25. The molecule has 1 aliphatic heterocycles. The van der Waals surface area contributed by atoms with Crippen molar-refractivity contribution in [3.05, 3.63) is 29.8 Å². The first-order chi connectivity index (χ1) is 9.31. The molecule has 0 spiro atoms. The van der Waals surface area contributed by atoms with E-state index in [0.29, 0.717) is 11.7 Å². The number of rotatable bonds is 6. The van der Waals surface area contributed by atoms with E-state index < -0.39 is 0 Å². The van der Waals surface area contributed by atoms with Crippen LogP contribution in [0.5, 0.6) is 0 Å². The van der Waals surface area contributed by atoms with E-state index in [1.165, 1.54) is 19.0 Å². The second kappa shape index (κ2) is 7.56. The highest BCUT2D eigenvalue weighted by molar-refractivity contribution is 5.17. The van der Waals surface area contributed by atoms with Gasteiger partial charge in [0, 0.05) is 24.4 Å². The van der Waals surface area contributed by atoms with Gasteiger partial charge in [0.1, 0.15) is 5.82 Å². The lowest BCUT2D eigenvalue weighted by Crippen LogP contribution is -2.25. The third-order valence-electron chi connectivity index (χ3n) is 3.68. The van der Waals surface area contributed by atoms with Crippen LogP contribution in [0.3, 0.4) is 0 Å². The minimum absolute atomic E-state index is 0.0542. The van der Waals surface area contributed by atoms with Crippen LogP contribution < -0.4 is 5.32 Å². The van der Waals surface area contributed by atoms with Crippen LogP contribution in [-0.2, 0) is 4.74 Å². The zero-order chi connectivity index (χ0) is 13.5.